The van der Waals surface area contributed by atoms with Crippen LogP contribution in [0, 0.1) is 18.8 Å². The maximum atomic E-state index is 10.3. The molecular weight excluding hydrogens is 496 g/mol. The summed E-state index contributed by atoms with van der Waals surface area (Å²) >= 11 is 0. The quantitative estimate of drug-likeness (QED) is 0.172. The lowest BCUT2D eigenvalue weighted by molar-refractivity contribution is -0.115. The van der Waals surface area contributed by atoms with Crippen molar-refractivity contribution in [1.29, 1.82) is 0 Å². The van der Waals surface area contributed by atoms with Crippen LogP contribution in [-0.2, 0) is 14.3 Å². The summed E-state index contributed by atoms with van der Waals surface area (Å²) in [7, 11) is 3.26. The van der Waals surface area contributed by atoms with Gasteiger partial charge in [0.05, 0.1) is 14.2 Å². The van der Waals surface area contributed by atoms with Gasteiger partial charge in [0.15, 0.2) is 0 Å². The smallest absolute Gasteiger partial charge is 0.123 e. The number of hydrogen-bond donors (Lipinski definition) is 0. The van der Waals surface area contributed by atoms with E-state index in [1.54, 1.807) is 20.3 Å². The molecule has 0 atom stereocenters. The SMILES string of the molecule is C=C(C)/C=C\C(=C)C(=C)/C=C\C(=C)OC.COc1ccc(-c2ccc(C)cc2)cc1.O=CC1CCC(C=O)CC1. The molecule has 2 aromatic rings. The molecule has 0 bridgehead atoms. The predicted molar refractivity (Wildman–Crippen MR) is 168 cm³/mol. The van der Waals surface area contributed by atoms with Gasteiger partial charge < -0.3 is 19.1 Å². The second kappa shape index (κ2) is 19.0. The van der Waals surface area contributed by atoms with Gasteiger partial charge in [-0.2, -0.15) is 0 Å². The fraction of sp³-hybridized carbons (Fsp3) is 0.278. The average Bonchev–Trinajstić information content (AvgIpc) is 2.99. The first-order valence-corrected chi connectivity index (χ1v) is 13.4. The van der Waals surface area contributed by atoms with E-state index in [4.69, 9.17) is 9.47 Å². The van der Waals surface area contributed by atoms with Gasteiger partial charge in [0.1, 0.15) is 24.1 Å². The topological polar surface area (TPSA) is 52.6 Å². The molecule has 212 valence electrons. The van der Waals surface area contributed by atoms with Crippen molar-refractivity contribution in [2.75, 3.05) is 14.2 Å². The Hall–Kier alpha value is -4.18. The van der Waals surface area contributed by atoms with E-state index in [9.17, 15) is 9.59 Å². The van der Waals surface area contributed by atoms with Gasteiger partial charge in [-0.05, 0) is 80.0 Å². The Bertz CT molecular complexity index is 1160. The summed E-state index contributed by atoms with van der Waals surface area (Å²) in [6.45, 7) is 19.2. The molecule has 1 aliphatic carbocycles. The highest BCUT2D eigenvalue weighted by Gasteiger charge is 2.19. The van der Waals surface area contributed by atoms with E-state index in [0.717, 1.165) is 60.7 Å². The van der Waals surface area contributed by atoms with Crippen molar-refractivity contribution in [3.05, 3.63) is 127 Å². The lowest BCUT2D eigenvalue weighted by Gasteiger charge is -2.20. The van der Waals surface area contributed by atoms with Crippen LogP contribution in [-0.4, -0.2) is 26.8 Å². The van der Waals surface area contributed by atoms with Crippen molar-refractivity contribution in [3.63, 3.8) is 0 Å². The minimum atomic E-state index is 0.233. The van der Waals surface area contributed by atoms with Crippen LogP contribution in [0.5, 0.6) is 5.75 Å². The van der Waals surface area contributed by atoms with Crippen molar-refractivity contribution < 1.29 is 19.1 Å². The van der Waals surface area contributed by atoms with E-state index in [-0.39, 0.29) is 11.8 Å². The van der Waals surface area contributed by atoms with Crippen LogP contribution < -0.4 is 4.74 Å². The molecule has 1 fully saturated rings. The Morgan fingerprint density at radius 1 is 0.700 bits per heavy atom. The third-order valence-corrected chi connectivity index (χ3v) is 6.39. The molecule has 3 rings (SSSR count). The minimum absolute atomic E-state index is 0.233. The minimum Gasteiger partial charge on any atom is -0.497 e. The Labute approximate surface area is 241 Å². The van der Waals surface area contributed by atoms with Gasteiger partial charge in [-0.25, -0.2) is 0 Å². The highest BCUT2D eigenvalue weighted by molar-refractivity contribution is 5.64. The number of benzene rings is 2. The zero-order valence-electron chi connectivity index (χ0n) is 24.5. The van der Waals surface area contributed by atoms with E-state index in [2.05, 4.69) is 69.6 Å². The molecule has 0 N–H and O–H groups in total. The van der Waals surface area contributed by atoms with Gasteiger partial charge in [-0.3, -0.25) is 0 Å². The van der Waals surface area contributed by atoms with Crippen molar-refractivity contribution in [2.45, 2.75) is 39.5 Å². The largest absolute Gasteiger partial charge is 0.497 e. The van der Waals surface area contributed by atoms with Crippen molar-refractivity contribution in [1.82, 2.24) is 0 Å². The fourth-order valence-corrected chi connectivity index (χ4v) is 3.67. The molecule has 0 spiro atoms. The van der Waals surface area contributed by atoms with Gasteiger partial charge >= 0.3 is 0 Å². The average molecular weight is 541 g/mol. The zero-order chi connectivity index (χ0) is 29.9. The lowest BCUT2D eigenvalue weighted by Crippen LogP contribution is -2.15. The summed E-state index contributed by atoms with van der Waals surface area (Å²) in [5.41, 5.74) is 6.39. The molecule has 0 unspecified atom stereocenters. The molecule has 0 saturated heterocycles. The Kier molecular flexibility index (Phi) is 16.1. The Balaban J connectivity index is 0.000000307. The van der Waals surface area contributed by atoms with Crippen LogP contribution in [0.15, 0.2) is 122 Å². The number of allylic oxidation sites excluding steroid dienone is 7. The van der Waals surface area contributed by atoms with Gasteiger partial charge in [0.25, 0.3) is 0 Å². The van der Waals surface area contributed by atoms with E-state index < -0.39 is 0 Å². The molecule has 2 aromatic carbocycles. The molecule has 4 nitrogen and oxygen atoms in total. The number of carbonyl (C=O) groups is 2. The summed E-state index contributed by atoms with van der Waals surface area (Å²) in [5, 5.41) is 0. The first-order valence-electron chi connectivity index (χ1n) is 13.4. The van der Waals surface area contributed by atoms with Crippen LogP contribution in [0.2, 0.25) is 0 Å². The summed E-state index contributed by atoms with van der Waals surface area (Å²) in [6.07, 6.45) is 13.0. The molecule has 4 heteroatoms. The Morgan fingerprint density at radius 2 is 1.12 bits per heavy atom. The monoisotopic (exact) mass is 540 g/mol. The van der Waals surface area contributed by atoms with Crippen molar-refractivity contribution >= 4 is 12.6 Å². The molecule has 0 heterocycles. The normalized spacial score (nSPS) is 16.0. The van der Waals surface area contributed by atoms with E-state index in [0.29, 0.717) is 5.76 Å². The molecule has 1 saturated carbocycles. The second-order valence-electron chi connectivity index (χ2n) is 9.78. The number of aldehydes is 2. The van der Waals surface area contributed by atoms with Gasteiger partial charge in [-0.15, -0.1) is 0 Å². The molecular formula is C36H44O4. The lowest BCUT2D eigenvalue weighted by atomic mass is 9.84. The third kappa shape index (κ3) is 13.6. The van der Waals surface area contributed by atoms with E-state index in [1.165, 1.54) is 16.7 Å². The van der Waals surface area contributed by atoms with Gasteiger partial charge in [-0.1, -0.05) is 92.1 Å². The summed E-state index contributed by atoms with van der Waals surface area (Å²) < 4.78 is 10.0. The van der Waals surface area contributed by atoms with Crippen LogP contribution >= 0.6 is 0 Å². The number of carbonyl (C=O) groups excluding carboxylic acids is 2. The van der Waals surface area contributed by atoms with Crippen LogP contribution in [0.4, 0.5) is 0 Å². The molecule has 0 amide bonds. The fourth-order valence-electron chi connectivity index (χ4n) is 3.67. The first-order chi connectivity index (χ1) is 19.1. The summed E-state index contributed by atoms with van der Waals surface area (Å²) in [5.74, 6) is 1.95. The zero-order valence-corrected chi connectivity index (χ0v) is 24.5. The summed E-state index contributed by atoms with van der Waals surface area (Å²) in [6, 6.07) is 16.6. The van der Waals surface area contributed by atoms with E-state index in [1.807, 2.05) is 37.3 Å². The highest BCUT2D eigenvalue weighted by atomic mass is 16.5. The molecule has 0 aliphatic heterocycles. The second-order valence-corrected chi connectivity index (χ2v) is 9.78. The molecule has 40 heavy (non-hydrogen) atoms. The number of hydrogen-bond acceptors (Lipinski definition) is 4. The van der Waals surface area contributed by atoms with Crippen molar-refractivity contribution in [3.8, 4) is 16.9 Å². The third-order valence-electron chi connectivity index (χ3n) is 6.39. The Morgan fingerprint density at radius 3 is 1.50 bits per heavy atom. The first kappa shape index (κ1) is 33.8. The van der Waals surface area contributed by atoms with Crippen LogP contribution in [0.25, 0.3) is 11.1 Å². The van der Waals surface area contributed by atoms with Gasteiger partial charge in [0, 0.05) is 11.8 Å². The van der Waals surface area contributed by atoms with Crippen molar-refractivity contribution in [2.24, 2.45) is 11.8 Å². The van der Waals surface area contributed by atoms with Crippen LogP contribution in [0.1, 0.15) is 38.2 Å². The number of rotatable bonds is 10. The van der Waals surface area contributed by atoms with Crippen LogP contribution in [0.3, 0.4) is 0 Å². The summed E-state index contributed by atoms with van der Waals surface area (Å²) in [4.78, 5) is 20.5. The van der Waals surface area contributed by atoms with E-state index >= 15 is 0 Å². The predicted octanol–water partition coefficient (Wildman–Crippen LogP) is 8.81. The highest BCUT2D eigenvalue weighted by Crippen LogP contribution is 2.25. The number of methoxy groups -OCH3 is 2. The molecule has 0 aromatic heterocycles. The van der Waals surface area contributed by atoms with Gasteiger partial charge in [0.2, 0.25) is 0 Å². The molecule has 1 aliphatic rings. The maximum Gasteiger partial charge on any atom is 0.123 e. The number of aryl methyl sites for hydroxylation is 1. The molecule has 0 radical (unpaired) electrons. The standard InChI is InChI=1S/C14H14O.C14H18O.C8H12O2/c1-11-3-5-12(6-4-11)13-7-9-14(15-2)10-8-13;1-11(2)7-8-12(3)13(4)9-10-14(5)15-6;9-5-7-1-2-8(6-10)4-3-7/h3-10H,1-2H3;7-10H,1,3-5H2,2,6H3;5-8H,1-4H2/b;8-7-,10-9-;. The number of ether oxygens (including phenoxy) is 2. The maximum absolute atomic E-state index is 10.3.